The lowest BCUT2D eigenvalue weighted by Gasteiger charge is -2.34. The van der Waals surface area contributed by atoms with Crippen LogP contribution in [0.15, 0.2) is 84.9 Å². The van der Waals surface area contributed by atoms with Gasteiger partial charge in [-0.05, 0) is 81.1 Å². The molecule has 4 aromatic rings. The van der Waals surface area contributed by atoms with E-state index in [4.69, 9.17) is 4.65 Å². The largest absolute Gasteiger partial charge is 0.491 e. The highest BCUT2D eigenvalue weighted by Crippen LogP contribution is 2.55. The van der Waals surface area contributed by atoms with Crippen molar-refractivity contribution in [3.05, 3.63) is 118 Å². The van der Waals surface area contributed by atoms with E-state index in [0.29, 0.717) is 10.9 Å². The summed E-state index contributed by atoms with van der Waals surface area (Å²) in [5.74, 6) is 0. The standard InChI is InChI=1S/C43H56B2O5/c1-3-5-7-9-11-13-15-33-17-21-35(22-18-33)43(36-23-19-34(20-24-36)16-14-12-10-8-6-4-2)41-31-37(44(47)48)25-27-39(41)40-28-26-38(32-42(40)43)45(49)50-30-29-46/h17-28,31-32,46-49H,3-16,29-30H2,1-2H3. The monoisotopic (exact) mass is 674 g/mol. The van der Waals surface area contributed by atoms with Gasteiger partial charge in [-0.2, -0.15) is 0 Å². The highest BCUT2D eigenvalue weighted by Gasteiger charge is 2.47. The van der Waals surface area contributed by atoms with E-state index in [2.05, 4.69) is 62.4 Å². The van der Waals surface area contributed by atoms with Gasteiger partial charge in [0.05, 0.1) is 18.6 Å². The van der Waals surface area contributed by atoms with Crippen LogP contribution in [0.3, 0.4) is 0 Å². The smallest absolute Gasteiger partial charge is 0.423 e. The van der Waals surface area contributed by atoms with Crippen molar-refractivity contribution in [2.75, 3.05) is 13.2 Å². The van der Waals surface area contributed by atoms with Gasteiger partial charge in [0.25, 0.3) is 0 Å². The first-order chi connectivity index (χ1) is 24.4. The van der Waals surface area contributed by atoms with Gasteiger partial charge in [-0.15, -0.1) is 0 Å². The number of unbranched alkanes of at least 4 members (excludes halogenated alkanes) is 10. The van der Waals surface area contributed by atoms with E-state index in [1.54, 1.807) is 6.07 Å². The molecule has 0 saturated heterocycles. The molecule has 5 nitrogen and oxygen atoms in total. The Labute approximate surface area is 301 Å². The lowest BCUT2D eigenvalue weighted by atomic mass is 9.65. The summed E-state index contributed by atoms with van der Waals surface area (Å²) in [7, 11) is -2.80. The fourth-order valence-corrected chi connectivity index (χ4v) is 7.78. The molecule has 5 rings (SSSR count). The number of hydrogen-bond acceptors (Lipinski definition) is 5. The molecular formula is C43H56B2O5. The minimum atomic E-state index is -1.61. The molecule has 0 amide bonds. The van der Waals surface area contributed by atoms with Gasteiger partial charge in [0.1, 0.15) is 0 Å². The van der Waals surface area contributed by atoms with E-state index in [9.17, 15) is 20.2 Å². The van der Waals surface area contributed by atoms with E-state index in [1.807, 2.05) is 30.3 Å². The molecule has 50 heavy (non-hydrogen) atoms. The topological polar surface area (TPSA) is 90.2 Å². The number of aryl methyl sites for hydroxylation is 2. The Kier molecular flexibility index (Phi) is 14.4. The van der Waals surface area contributed by atoms with Crippen molar-refractivity contribution in [1.29, 1.82) is 0 Å². The Morgan fingerprint density at radius 1 is 0.540 bits per heavy atom. The molecule has 4 aromatic carbocycles. The molecule has 0 spiro atoms. The molecule has 7 heteroatoms. The highest BCUT2D eigenvalue weighted by atomic mass is 16.5. The van der Waals surface area contributed by atoms with Crippen LogP contribution in [0.1, 0.15) is 124 Å². The van der Waals surface area contributed by atoms with E-state index >= 15 is 0 Å². The van der Waals surface area contributed by atoms with Crippen LogP contribution in [0.5, 0.6) is 0 Å². The molecule has 0 saturated carbocycles. The third kappa shape index (κ3) is 8.81. The third-order valence-corrected chi connectivity index (χ3v) is 10.5. The molecule has 0 bridgehead atoms. The van der Waals surface area contributed by atoms with Crippen LogP contribution < -0.4 is 10.9 Å². The van der Waals surface area contributed by atoms with Crippen LogP contribution in [0, 0.1) is 0 Å². The predicted octanol–water partition coefficient (Wildman–Crippen LogP) is 7.23. The zero-order valence-electron chi connectivity index (χ0n) is 30.2. The molecule has 0 aromatic heterocycles. The minimum absolute atomic E-state index is 0.0293. The second kappa shape index (κ2) is 18.9. The van der Waals surface area contributed by atoms with Crippen molar-refractivity contribution in [1.82, 2.24) is 0 Å². The zero-order valence-corrected chi connectivity index (χ0v) is 30.2. The SMILES string of the molecule is CCCCCCCCc1ccc(C2(c3ccc(CCCCCCCC)cc3)c3cc(B(O)O)ccc3-c3ccc(B(O)OCCO)cc32)cc1. The van der Waals surface area contributed by atoms with Crippen molar-refractivity contribution in [2.24, 2.45) is 0 Å². The molecule has 264 valence electrons. The Bertz CT molecular complexity index is 1560. The maximum atomic E-state index is 11.0. The van der Waals surface area contributed by atoms with E-state index in [-0.39, 0.29) is 13.2 Å². The molecule has 0 fully saturated rings. The van der Waals surface area contributed by atoms with E-state index in [1.165, 1.54) is 88.2 Å². The highest BCUT2D eigenvalue weighted by molar-refractivity contribution is 6.60. The Balaban J connectivity index is 1.58. The first kappa shape index (κ1) is 38.1. The van der Waals surface area contributed by atoms with Crippen molar-refractivity contribution in [2.45, 2.75) is 109 Å². The summed E-state index contributed by atoms with van der Waals surface area (Å²) in [6, 6.07) is 29.6. The first-order valence-electron chi connectivity index (χ1n) is 19.2. The van der Waals surface area contributed by atoms with Crippen molar-refractivity contribution >= 4 is 25.2 Å². The fourth-order valence-electron chi connectivity index (χ4n) is 7.78. The molecule has 4 N–H and O–H groups in total. The summed E-state index contributed by atoms with van der Waals surface area (Å²) in [6.45, 7) is 4.35. The average molecular weight is 675 g/mol. The predicted molar refractivity (Wildman–Crippen MR) is 208 cm³/mol. The molecule has 1 aliphatic carbocycles. The minimum Gasteiger partial charge on any atom is -0.423 e. The van der Waals surface area contributed by atoms with Gasteiger partial charge >= 0.3 is 14.2 Å². The van der Waals surface area contributed by atoms with Gasteiger partial charge in [-0.25, -0.2) is 0 Å². The molecule has 0 aliphatic heterocycles. The molecule has 0 heterocycles. The summed E-state index contributed by atoms with van der Waals surface area (Å²) in [5, 5.41) is 41.0. The average Bonchev–Trinajstić information content (AvgIpc) is 3.43. The summed E-state index contributed by atoms with van der Waals surface area (Å²) in [5.41, 5.74) is 9.10. The van der Waals surface area contributed by atoms with Crippen molar-refractivity contribution in [3.63, 3.8) is 0 Å². The van der Waals surface area contributed by atoms with E-state index < -0.39 is 19.7 Å². The molecular weight excluding hydrogens is 618 g/mol. The summed E-state index contributed by atoms with van der Waals surface area (Å²) >= 11 is 0. The van der Waals surface area contributed by atoms with Crippen LogP contribution in [-0.2, 0) is 22.9 Å². The molecule has 0 radical (unpaired) electrons. The van der Waals surface area contributed by atoms with Gasteiger partial charge < -0.3 is 24.8 Å². The Morgan fingerprint density at radius 2 is 0.980 bits per heavy atom. The maximum absolute atomic E-state index is 11.0. The zero-order chi connectivity index (χ0) is 35.3. The molecule has 0 atom stereocenters. The quantitative estimate of drug-likeness (QED) is 0.0487. The van der Waals surface area contributed by atoms with Crippen LogP contribution in [0.2, 0.25) is 0 Å². The normalized spacial score (nSPS) is 12.9. The first-order valence-corrected chi connectivity index (χ1v) is 19.2. The van der Waals surface area contributed by atoms with Crippen molar-refractivity contribution in [3.8, 4) is 11.1 Å². The van der Waals surface area contributed by atoms with Crippen LogP contribution in [0.25, 0.3) is 11.1 Å². The van der Waals surface area contributed by atoms with Gasteiger partial charge in [-0.3, -0.25) is 0 Å². The molecule has 0 unspecified atom stereocenters. The van der Waals surface area contributed by atoms with Gasteiger partial charge in [-0.1, -0.05) is 163 Å². The number of benzene rings is 4. The number of hydrogen-bond donors (Lipinski definition) is 4. The summed E-state index contributed by atoms with van der Waals surface area (Å²) in [6.07, 6.45) is 17.2. The van der Waals surface area contributed by atoms with Crippen LogP contribution >= 0.6 is 0 Å². The number of rotatable bonds is 21. The number of aliphatic hydroxyl groups is 1. The van der Waals surface area contributed by atoms with Gasteiger partial charge in [0.2, 0.25) is 0 Å². The number of aliphatic hydroxyl groups excluding tert-OH is 1. The van der Waals surface area contributed by atoms with Gasteiger partial charge in [0.15, 0.2) is 0 Å². The summed E-state index contributed by atoms with van der Waals surface area (Å²) in [4.78, 5) is 0. The fraction of sp³-hybridized carbons (Fsp3) is 0.442. The van der Waals surface area contributed by atoms with Crippen molar-refractivity contribution < 1.29 is 24.8 Å². The lowest BCUT2D eigenvalue weighted by molar-refractivity contribution is 0.183. The summed E-state index contributed by atoms with van der Waals surface area (Å²) < 4.78 is 5.55. The second-order valence-electron chi connectivity index (χ2n) is 14.1. The second-order valence-corrected chi connectivity index (χ2v) is 14.1. The number of fused-ring (bicyclic) bond motifs is 3. The maximum Gasteiger partial charge on any atom is 0.491 e. The Morgan fingerprint density at radius 3 is 1.44 bits per heavy atom. The van der Waals surface area contributed by atoms with E-state index in [0.717, 1.165) is 46.2 Å². The van der Waals surface area contributed by atoms with Crippen LogP contribution in [0.4, 0.5) is 0 Å². The molecule has 1 aliphatic rings. The van der Waals surface area contributed by atoms with Crippen LogP contribution in [-0.4, -0.2) is 47.6 Å². The lowest BCUT2D eigenvalue weighted by Crippen LogP contribution is -2.37. The Hall–Kier alpha value is -3.19. The van der Waals surface area contributed by atoms with Gasteiger partial charge in [0, 0.05) is 0 Å². The third-order valence-electron chi connectivity index (χ3n) is 10.5.